The van der Waals surface area contributed by atoms with Gasteiger partial charge in [0.25, 0.3) is 0 Å². The largest absolute Gasteiger partial charge is 0.354 e. The fraction of sp³-hybridized carbons (Fsp3) is 0.286. The first-order valence-corrected chi connectivity index (χ1v) is 12.8. The van der Waals surface area contributed by atoms with Crippen LogP contribution >= 0.6 is 11.3 Å². The molecule has 1 amide bonds. The molecule has 1 N–H and O–H groups in total. The van der Waals surface area contributed by atoms with Crippen LogP contribution in [0.4, 0.5) is 5.82 Å². The van der Waals surface area contributed by atoms with Crippen LogP contribution in [0, 0.1) is 19.8 Å². The summed E-state index contributed by atoms with van der Waals surface area (Å²) in [4.78, 5) is 21.0. The van der Waals surface area contributed by atoms with Crippen LogP contribution in [0.1, 0.15) is 29.0 Å². The van der Waals surface area contributed by atoms with E-state index < -0.39 is 0 Å². The topological polar surface area (TPSA) is 71.0 Å². The maximum Gasteiger partial charge on any atom is 0.225 e. The van der Waals surface area contributed by atoms with Crippen LogP contribution in [-0.4, -0.2) is 34.2 Å². The molecule has 1 aliphatic heterocycles. The lowest BCUT2D eigenvalue weighted by atomic mass is 9.97. The van der Waals surface area contributed by atoms with E-state index >= 15 is 0 Å². The van der Waals surface area contributed by atoms with Gasteiger partial charge in [-0.3, -0.25) is 4.79 Å². The minimum absolute atomic E-state index is 0.0663. The SMILES string of the molecule is Cc1ccccc1-c1ccc(N2CCCC(C(=O)NCc3sc(-c4ccccc4)nc3C)C2)nn1. The quantitative estimate of drug-likeness (QED) is 0.397. The average Bonchev–Trinajstić information content (AvgIpc) is 3.28. The highest BCUT2D eigenvalue weighted by molar-refractivity contribution is 7.15. The van der Waals surface area contributed by atoms with E-state index in [1.807, 2.05) is 49.4 Å². The molecule has 2 aromatic heterocycles. The molecular weight excluding hydrogens is 454 g/mol. The summed E-state index contributed by atoms with van der Waals surface area (Å²) in [5.41, 5.74) is 5.22. The van der Waals surface area contributed by atoms with Gasteiger partial charge < -0.3 is 10.2 Å². The van der Waals surface area contributed by atoms with Crippen LogP contribution in [0.3, 0.4) is 0 Å². The highest BCUT2D eigenvalue weighted by Crippen LogP contribution is 2.28. The molecule has 5 rings (SSSR count). The second-order valence-electron chi connectivity index (χ2n) is 8.99. The van der Waals surface area contributed by atoms with Crippen LogP contribution in [0.5, 0.6) is 0 Å². The van der Waals surface area contributed by atoms with E-state index in [4.69, 9.17) is 4.98 Å². The Balaban J connectivity index is 1.21. The third-order valence-electron chi connectivity index (χ3n) is 6.52. The van der Waals surface area contributed by atoms with Crippen LogP contribution in [-0.2, 0) is 11.3 Å². The van der Waals surface area contributed by atoms with E-state index in [1.54, 1.807) is 11.3 Å². The first-order chi connectivity index (χ1) is 17.1. The Morgan fingerprint density at radius 2 is 1.83 bits per heavy atom. The number of anilines is 1. The van der Waals surface area contributed by atoms with Gasteiger partial charge in [0.2, 0.25) is 5.91 Å². The van der Waals surface area contributed by atoms with Gasteiger partial charge in [0.1, 0.15) is 5.01 Å². The van der Waals surface area contributed by atoms with Crippen LogP contribution in [0.25, 0.3) is 21.8 Å². The van der Waals surface area contributed by atoms with Crippen molar-refractivity contribution < 1.29 is 4.79 Å². The van der Waals surface area contributed by atoms with Gasteiger partial charge in [-0.05, 0) is 44.4 Å². The summed E-state index contributed by atoms with van der Waals surface area (Å²) >= 11 is 1.64. The van der Waals surface area contributed by atoms with E-state index in [1.165, 1.54) is 5.56 Å². The zero-order valence-corrected chi connectivity index (χ0v) is 20.9. The number of nitrogens with zero attached hydrogens (tertiary/aromatic N) is 4. The predicted octanol–water partition coefficient (Wildman–Crippen LogP) is 5.42. The summed E-state index contributed by atoms with van der Waals surface area (Å²) in [6.07, 6.45) is 1.84. The van der Waals surface area contributed by atoms with Crippen molar-refractivity contribution in [3.8, 4) is 21.8 Å². The van der Waals surface area contributed by atoms with Gasteiger partial charge in [-0.25, -0.2) is 4.98 Å². The second-order valence-corrected chi connectivity index (χ2v) is 10.1. The molecular formula is C28H29N5OS. The first kappa shape index (κ1) is 23.2. The first-order valence-electron chi connectivity index (χ1n) is 12.0. The maximum absolute atomic E-state index is 13.0. The number of piperidine rings is 1. The van der Waals surface area contributed by atoms with E-state index in [0.717, 1.165) is 57.6 Å². The smallest absolute Gasteiger partial charge is 0.225 e. The van der Waals surface area contributed by atoms with Crippen molar-refractivity contribution in [2.24, 2.45) is 5.92 Å². The highest BCUT2D eigenvalue weighted by atomic mass is 32.1. The molecule has 0 radical (unpaired) electrons. The number of hydrogen-bond donors (Lipinski definition) is 1. The summed E-state index contributed by atoms with van der Waals surface area (Å²) in [6.45, 7) is 6.13. The molecule has 178 valence electrons. The van der Waals surface area contributed by atoms with E-state index in [0.29, 0.717) is 13.1 Å². The van der Waals surface area contributed by atoms with Crippen molar-refractivity contribution in [1.29, 1.82) is 0 Å². The Labute approximate surface area is 210 Å². The lowest BCUT2D eigenvalue weighted by Gasteiger charge is -2.32. The van der Waals surface area contributed by atoms with Crippen molar-refractivity contribution in [2.75, 3.05) is 18.0 Å². The molecule has 0 spiro atoms. The fourth-order valence-corrected chi connectivity index (χ4v) is 5.51. The average molecular weight is 484 g/mol. The minimum atomic E-state index is -0.0663. The van der Waals surface area contributed by atoms with E-state index in [2.05, 4.69) is 51.6 Å². The summed E-state index contributed by atoms with van der Waals surface area (Å²) < 4.78 is 0. The molecule has 0 aliphatic carbocycles. The molecule has 0 saturated carbocycles. The number of carbonyl (C=O) groups is 1. The minimum Gasteiger partial charge on any atom is -0.354 e. The third-order valence-corrected chi connectivity index (χ3v) is 7.73. The Hall–Kier alpha value is -3.58. The molecule has 1 fully saturated rings. The normalized spacial score (nSPS) is 15.7. The van der Waals surface area contributed by atoms with Crippen LogP contribution in [0.15, 0.2) is 66.7 Å². The Bertz CT molecular complexity index is 1300. The lowest BCUT2D eigenvalue weighted by molar-refractivity contribution is -0.125. The number of carbonyl (C=O) groups excluding carboxylic acids is 1. The summed E-state index contributed by atoms with van der Waals surface area (Å²) in [5, 5.41) is 13.1. The molecule has 1 atom stereocenters. The molecule has 1 aliphatic rings. The summed E-state index contributed by atoms with van der Waals surface area (Å²) in [5.74, 6) is 0.849. The highest BCUT2D eigenvalue weighted by Gasteiger charge is 2.27. The van der Waals surface area contributed by atoms with Gasteiger partial charge in [-0.2, -0.15) is 0 Å². The molecule has 35 heavy (non-hydrogen) atoms. The Morgan fingerprint density at radius 3 is 2.60 bits per heavy atom. The van der Waals surface area contributed by atoms with Crippen LogP contribution in [0.2, 0.25) is 0 Å². The van der Waals surface area contributed by atoms with E-state index in [9.17, 15) is 4.79 Å². The number of aryl methyl sites for hydroxylation is 2. The van der Waals surface area contributed by atoms with Gasteiger partial charge >= 0.3 is 0 Å². The molecule has 7 heteroatoms. The third kappa shape index (κ3) is 5.25. The van der Waals surface area contributed by atoms with Gasteiger partial charge in [0.15, 0.2) is 5.82 Å². The molecule has 6 nitrogen and oxygen atoms in total. The molecule has 1 unspecified atom stereocenters. The van der Waals surface area contributed by atoms with Crippen molar-refractivity contribution in [1.82, 2.24) is 20.5 Å². The van der Waals surface area contributed by atoms with Crippen LogP contribution < -0.4 is 10.2 Å². The number of nitrogens with one attached hydrogen (secondary N) is 1. The number of benzene rings is 2. The van der Waals surface area contributed by atoms with E-state index in [-0.39, 0.29) is 11.8 Å². The van der Waals surface area contributed by atoms with Crippen molar-refractivity contribution in [3.63, 3.8) is 0 Å². The predicted molar refractivity (Wildman–Crippen MR) is 141 cm³/mol. The van der Waals surface area contributed by atoms with Gasteiger partial charge in [-0.15, -0.1) is 21.5 Å². The standard InChI is InChI=1S/C28H29N5OS/c1-19-9-6-7-13-23(19)24-14-15-26(32-31-24)33-16-8-12-22(18-33)27(34)29-17-25-20(2)30-28(35-25)21-10-4-3-5-11-21/h3-7,9-11,13-15,22H,8,12,16-18H2,1-2H3,(H,29,34). The summed E-state index contributed by atoms with van der Waals surface area (Å²) in [6, 6.07) is 22.4. The van der Waals surface area contributed by atoms with Crippen molar-refractivity contribution >= 4 is 23.1 Å². The molecule has 3 heterocycles. The van der Waals surface area contributed by atoms with Gasteiger partial charge in [0.05, 0.1) is 23.9 Å². The lowest BCUT2D eigenvalue weighted by Crippen LogP contribution is -2.43. The summed E-state index contributed by atoms with van der Waals surface area (Å²) in [7, 11) is 0. The zero-order chi connectivity index (χ0) is 24.2. The van der Waals surface area contributed by atoms with Crippen molar-refractivity contribution in [3.05, 3.63) is 82.9 Å². The van der Waals surface area contributed by atoms with Crippen molar-refractivity contribution in [2.45, 2.75) is 33.2 Å². The Kier molecular flexibility index (Phi) is 6.86. The number of hydrogen-bond acceptors (Lipinski definition) is 6. The number of rotatable bonds is 6. The second kappa shape index (κ2) is 10.4. The number of amides is 1. The zero-order valence-electron chi connectivity index (χ0n) is 20.1. The molecule has 1 saturated heterocycles. The monoisotopic (exact) mass is 483 g/mol. The molecule has 0 bridgehead atoms. The fourth-order valence-electron chi connectivity index (χ4n) is 4.51. The molecule has 4 aromatic rings. The maximum atomic E-state index is 13.0. The number of thiazole rings is 1. The molecule has 2 aromatic carbocycles. The number of aromatic nitrogens is 3. The van der Waals surface area contributed by atoms with Gasteiger partial charge in [-0.1, -0.05) is 54.6 Å². The Morgan fingerprint density at radius 1 is 1.03 bits per heavy atom. The van der Waals surface area contributed by atoms with Gasteiger partial charge in [0, 0.05) is 29.1 Å².